The maximum Gasteiger partial charge on any atom is 0.215 e. The maximum atomic E-state index is 5.84. The van der Waals surface area contributed by atoms with E-state index in [1.54, 1.807) is 0 Å². The van der Waals surface area contributed by atoms with Gasteiger partial charge in [0.2, 0.25) is 5.88 Å². The van der Waals surface area contributed by atoms with Crippen LogP contribution in [0, 0.1) is 6.92 Å². The quantitative estimate of drug-likeness (QED) is 0.700. The van der Waals surface area contributed by atoms with Crippen molar-refractivity contribution in [2.75, 3.05) is 0 Å². The first-order valence-electron chi connectivity index (χ1n) is 5.05. The summed E-state index contributed by atoms with van der Waals surface area (Å²) in [5, 5.41) is 0.512. The number of ether oxygens (including phenoxy) is 1. The summed E-state index contributed by atoms with van der Waals surface area (Å²) in [5.41, 5.74) is 1.10. The zero-order valence-corrected chi connectivity index (χ0v) is 9.05. The lowest BCUT2D eigenvalue weighted by molar-refractivity contribution is 0.201. The van der Waals surface area contributed by atoms with Crippen molar-refractivity contribution in [2.45, 2.75) is 38.7 Å². The Morgan fingerprint density at radius 2 is 2.07 bits per heavy atom. The average molecular weight is 212 g/mol. The van der Waals surface area contributed by atoms with Crippen LogP contribution in [0.25, 0.3) is 0 Å². The first-order valence-corrected chi connectivity index (χ1v) is 5.43. The van der Waals surface area contributed by atoms with Crippen molar-refractivity contribution in [3.05, 3.63) is 22.8 Å². The molecule has 1 heterocycles. The molecule has 0 atom stereocenters. The second-order valence-corrected chi connectivity index (χ2v) is 4.22. The molecule has 2 nitrogen and oxygen atoms in total. The summed E-state index contributed by atoms with van der Waals surface area (Å²) in [6.07, 6.45) is 5.18. The molecule has 1 aromatic rings. The highest BCUT2D eigenvalue weighted by atomic mass is 35.5. The van der Waals surface area contributed by atoms with Crippen molar-refractivity contribution in [3.8, 4) is 5.88 Å². The number of hydrogen-bond acceptors (Lipinski definition) is 2. The third-order valence-corrected chi connectivity index (χ3v) is 2.70. The van der Waals surface area contributed by atoms with E-state index in [9.17, 15) is 0 Å². The highest BCUT2D eigenvalue weighted by molar-refractivity contribution is 6.29. The molecule has 14 heavy (non-hydrogen) atoms. The summed E-state index contributed by atoms with van der Waals surface area (Å²) < 4.78 is 5.74. The molecule has 76 valence electrons. The van der Waals surface area contributed by atoms with Gasteiger partial charge in [-0.05, 0) is 44.2 Å². The fraction of sp³-hybridized carbons (Fsp3) is 0.545. The Bertz CT molecular complexity index is 301. The van der Waals surface area contributed by atoms with Crippen LogP contribution < -0.4 is 4.74 Å². The van der Waals surface area contributed by atoms with E-state index in [0.717, 1.165) is 18.4 Å². The molecular formula is C11H14ClNO. The zero-order chi connectivity index (χ0) is 9.97. The van der Waals surface area contributed by atoms with Gasteiger partial charge in [-0.25, -0.2) is 4.98 Å². The second kappa shape index (κ2) is 4.18. The van der Waals surface area contributed by atoms with Crippen LogP contribution in [0.4, 0.5) is 0 Å². The second-order valence-electron chi connectivity index (χ2n) is 3.83. The molecule has 1 aliphatic rings. The molecule has 2 rings (SSSR count). The van der Waals surface area contributed by atoms with Crippen LogP contribution in [0.5, 0.6) is 5.88 Å². The van der Waals surface area contributed by atoms with Crippen molar-refractivity contribution in [2.24, 2.45) is 0 Å². The van der Waals surface area contributed by atoms with Crippen molar-refractivity contribution >= 4 is 11.6 Å². The highest BCUT2D eigenvalue weighted by Gasteiger charge is 2.17. The largest absolute Gasteiger partial charge is 0.474 e. The highest BCUT2D eigenvalue weighted by Crippen LogP contribution is 2.24. The lowest BCUT2D eigenvalue weighted by atomic mass is 10.3. The molecular weight excluding hydrogens is 198 g/mol. The number of aromatic nitrogens is 1. The van der Waals surface area contributed by atoms with Gasteiger partial charge in [-0.1, -0.05) is 11.6 Å². The van der Waals surface area contributed by atoms with E-state index in [1.165, 1.54) is 12.8 Å². The number of aryl methyl sites for hydroxylation is 1. The summed E-state index contributed by atoms with van der Waals surface area (Å²) in [4.78, 5) is 4.14. The van der Waals surface area contributed by atoms with Gasteiger partial charge in [0.15, 0.2) is 0 Å². The van der Waals surface area contributed by atoms with Gasteiger partial charge in [0, 0.05) is 6.07 Å². The number of pyridine rings is 1. The first kappa shape index (κ1) is 9.78. The number of halogens is 1. The van der Waals surface area contributed by atoms with Crippen molar-refractivity contribution < 1.29 is 4.74 Å². The molecule has 0 amide bonds. The van der Waals surface area contributed by atoms with Gasteiger partial charge in [0.1, 0.15) is 11.3 Å². The van der Waals surface area contributed by atoms with Crippen LogP contribution >= 0.6 is 11.6 Å². The number of hydrogen-bond donors (Lipinski definition) is 0. The molecule has 0 radical (unpaired) electrons. The minimum atomic E-state index is 0.348. The third kappa shape index (κ3) is 2.38. The van der Waals surface area contributed by atoms with Crippen LogP contribution in [-0.4, -0.2) is 11.1 Å². The molecule has 0 unspecified atom stereocenters. The van der Waals surface area contributed by atoms with Crippen LogP contribution in [0.1, 0.15) is 31.2 Å². The molecule has 3 heteroatoms. The predicted molar refractivity (Wildman–Crippen MR) is 56.9 cm³/mol. The normalized spacial score (nSPS) is 17.3. The fourth-order valence-electron chi connectivity index (χ4n) is 1.83. The predicted octanol–water partition coefficient (Wildman–Crippen LogP) is 3.36. The Kier molecular flexibility index (Phi) is 2.92. The zero-order valence-electron chi connectivity index (χ0n) is 8.29. The molecule has 1 aromatic heterocycles. The maximum absolute atomic E-state index is 5.84. The molecule has 0 bridgehead atoms. The van der Waals surface area contributed by atoms with Gasteiger partial charge in [-0.15, -0.1) is 0 Å². The number of nitrogens with zero attached hydrogens (tertiary/aromatic N) is 1. The van der Waals surface area contributed by atoms with E-state index in [0.29, 0.717) is 17.1 Å². The van der Waals surface area contributed by atoms with E-state index in [2.05, 4.69) is 4.98 Å². The van der Waals surface area contributed by atoms with Crippen LogP contribution in [0.2, 0.25) is 5.15 Å². The first-order chi connectivity index (χ1) is 6.74. The standard InChI is InChI=1S/C11H14ClNO/c1-8-6-10(12)13-11(7-8)14-9-4-2-3-5-9/h6-7,9H,2-5H2,1H3. The van der Waals surface area contributed by atoms with Crippen LogP contribution in [-0.2, 0) is 0 Å². The van der Waals surface area contributed by atoms with Crippen molar-refractivity contribution in [1.29, 1.82) is 0 Å². The summed E-state index contributed by atoms with van der Waals surface area (Å²) in [6.45, 7) is 2.00. The smallest absolute Gasteiger partial charge is 0.215 e. The molecule has 0 aromatic carbocycles. The molecule has 1 aliphatic carbocycles. The van der Waals surface area contributed by atoms with Gasteiger partial charge in [0.05, 0.1) is 0 Å². The summed E-state index contributed by atoms with van der Waals surface area (Å²) >= 11 is 5.84. The fourth-order valence-corrected chi connectivity index (χ4v) is 2.09. The van der Waals surface area contributed by atoms with E-state index < -0.39 is 0 Å². The Morgan fingerprint density at radius 3 is 2.71 bits per heavy atom. The Labute approximate surface area is 89.3 Å². The van der Waals surface area contributed by atoms with Gasteiger partial charge in [0.25, 0.3) is 0 Å². The molecule has 0 spiro atoms. The Hall–Kier alpha value is -0.760. The van der Waals surface area contributed by atoms with E-state index in [-0.39, 0.29) is 0 Å². The van der Waals surface area contributed by atoms with E-state index in [4.69, 9.17) is 16.3 Å². The third-order valence-electron chi connectivity index (χ3n) is 2.50. The molecule has 1 fully saturated rings. The minimum absolute atomic E-state index is 0.348. The lowest BCUT2D eigenvalue weighted by Crippen LogP contribution is -2.11. The van der Waals surface area contributed by atoms with Gasteiger partial charge < -0.3 is 4.74 Å². The average Bonchev–Trinajstić information content (AvgIpc) is 2.54. The monoisotopic (exact) mass is 211 g/mol. The van der Waals surface area contributed by atoms with Crippen LogP contribution in [0.3, 0.4) is 0 Å². The van der Waals surface area contributed by atoms with Crippen LogP contribution in [0.15, 0.2) is 12.1 Å². The van der Waals surface area contributed by atoms with Gasteiger partial charge in [-0.3, -0.25) is 0 Å². The number of rotatable bonds is 2. The Balaban J connectivity index is 2.07. The topological polar surface area (TPSA) is 22.1 Å². The van der Waals surface area contributed by atoms with Crippen molar-refractivity contribution in [1.82, 2.24) is 4.98 Å². The summed E-state index contributed by atoms with van der Waals surface area (Å²) in [6, 6.07) is 3.77. The summed E-state index contributed by atoms with van der Waals surface area (Å²) in [5.74, 6) is 0.668. The summed E-state index contributed by atoms with van der Waals surface area (Å²) in [7, 11) is 0. The Morgan fingerprint density at radius 1 is 1.36 bits per heavy atom. The molecule has 0 aliphatic heterocycles. The van der Waals surface area contributed by atoms with E-state index in [1.807, 2.05) is 19.1 Å². The van der Waals surface area contributed by atoms with Gasteiger partial charge in [-0.2, -0.15) is 0 Å². The van der Waals surface area contributed by atoms with E-state index >= 15 is 0 Å². The van der Waals surface area contributed by atoms with Crippen molar-refractivity contribution in [3.63, 3.8) is 0 Å². The lowest BCUT2D eigenvalue weighted by Gasteiger charge is -2.12. The SMILES string of the molecule is Cc1cc(Cl)nc(OC2CCCC2)c1. The molecule has 0 N–H and O–H groups in total. The molecule has 1 saturated carbocycles. The minimum Gasteiger partial charge on any atom is -0.474 e. The van der Waals surface area contributed by atoms with Gasteiger partial charge >= 0.3 is 0 Å². The molecule has 0 saturated heterocycles.